The zero-order valence-electron chi connectivity index (χ0n) is 17.1. The van der Waals surface area contributed by atoms with Crippen LogP contribution in [0.15, 0.2) is 71.6 Å². The fourth-order valence-corrected chi connectivity index (χ4v) is 4.85. The number of nitrogens with one attached hydrogen (secondary N) is 1. The van der Waals surface area contributed by atoms with Gasteiger partial charge in [-0.2, -0.15) is 17.5 Å². The maximum absolute atomic E-state index is 13.2. The van der Waals surface area contributed by atoms with Crippen LogP contribution in [0.3, 0.4) is 0 Å². The number of rotatable bonds is 7. The van der Waals surface area contributed by atoms with E-state index in [1.807, 2.05) is 0 Å². The second kappa shape index (κ2) is 10.5. The van der Waals surface area contributed by atoms with Crippen LogP contribution < -0.4 is 5.32 Å². The molecule has 0 saturated heterocycles. The van der Waals surface area contributed by atoms with Crippen LogP contribution in [-0.4, -0.2) is 25.2 Å². The molecule has 0 spiro atoms. The van der Waals surface area contributed by atoms with Crippen molar-refractivity contribution in [2.24, 2.45) is 0 Å². The van der Waals surface area contributed by atoms with Crippen LogP contribution >= 0.6 is 34.8 Å². The minimum Gasteiger partial charge on any atom is -0.324 e. The first kappa shape index (κ1) is 26.3. The number of hydrogen-bond donors (Lipinski definition) is 1. The topological polar surface area (TPSA) is 66.5 Å². The Morgan fingerprint density at radius 3 is 2.15 bits per heavy atom. The molecule has 3 aromatic carbocycles. The summed E-state index contributed by atoms with van der Waals surface area (Å²) < 4.78 is 66.4. The summed E-state index contributed by atoms with van der Waals surface area (Å²) in [6.07, 6.45) is -4.65. The molecule has 0 aromatic heterocycles. The molecule has 0 bridgehead atoms. The molecule has 0 unspecified atom stereocenters. The Morgan fingerprint density at radius 2 is 1.53 bits per heavy atom. The highest BCUT2D eigenvalue weighted by molar-refractivity contribution is 7.89. The van der Waals surface area contributed by atoms with E-state index in [9.17, 15) is 26.4 Å². The smallest absolute Gasteiger partial charge is 0.324 e. The quantitative estimate of drug-likeness (QED) is 0.365. The zero-order chi connectivity index (χ0) is 25.1. The standard InChI is InChI=1S/C22H16Cl3F3N2O3S/c23-17-8-6-14(10-19(17)25)12-30(34(32,33)16-4-2-1-3-5-16)13-21(31)29-20-11-15(22(26,27)28)7-9-18(20)24/h1-11H,12-13H2,(H,29,31). The van der Waals surface area contributed by atoms with Gasteiger partial charge in [-0.1, -0.05) is 59.1 Å². The number of hydrogen-bond acceptors (Lipinski definition) is 3. The lowest BCUT2D eigenvalue weighted by Gasteiger charge is -2.22. The van der Waals surface area contributed by atoms with Gasteiger partial charge in [0.15, 0.2) is 0 Å². The van der Waals surface area contributed by atoms with E-state index in [-0.39, 0.29) is 32.2 Å². The summed E-state index contributed by atoms with van der Waals surface area (Å²) in [4.78, 5) is 12.7. The van der Waals surface area contributed by atoms with Gasteiger partial charge in [-0.25, -0.2) is 8.42 Å². The lowest BCUT2D eigenvalue weighted by atomic mass is 10.2. The van der Waals surface area contributed by atoms with Crippen molar-refractivity contribution in [2.45, 2.75) is 17.6 Å². The average molecular weight is 552 g/mol. The number of carbonyl (C=O) groups excluding carboxylic acids is 1. The molecular formula is C22H16Cl3F3N2O3S. The SMILES string of the molecule is O=C(CN(Cc1ccc(Cl)c(Cl)c1)S(=O)(=O)c1ccccc1)Nc1cc(C(F)(F)F)ccc1Cl. The molecule has 5 nitrogen and oxygen atoms in total. The fourth-order valence-electron chi connectivity index (χ4n) is 2.96. The number of alkyl halides is 3. The number of amides is 1. The third-order valence-electron chi connectivity index (χ3n) is 4.61. The van der Waals surface area contributed by atoms with Crippen molar-refractivity contribution in [3.8, 4) is 0 Å². The average Bonchev–Trinajstić information content (AvgIpc) is 2.77. The number of anilines is 1. The lowest BCUT2D eigenvalue weighted by Crippen LogP contribution is -2.37. The van der Waals surface area contributed by atoms with Crippen molar-refractivity contribution in [2.75, 3.05) is 11.9 Å². The third kappa shape index (κ3) is 6.43. The van der Waals surface area contributed by atoms with Gasteiger partial charge in [-0.05, 0) is 48.0 Å². The molecule has 3 rings (SSSR count). The molecule has 0 saturated carbocycles. The van der Waals surface area contributed by atoms with Gasteiger partial charge in [0.1, 0.15) is 0 Å². The first-order valence-corrected chi connectivity index (χ1v) is 12.1. The molecule has 12 heteroatoms. The van der Waals surface area contributed by atoms with E-state index in [0.29, 0.717) is 11.6 Å². The first-order chi connectivity index (χ1) is 15.9. The Balaban J connectivity index is 1.91. The Bertz CT molecular complexity index is 1300. The van der Waals surface area contributed by atoms with Crippen molar-refractivity contribution in [3.05, 3.63) is 92.9 Å². The molecule has 0 radical (unpaired) electrons. The van der Waals surface area contributed by atoms with Crippen molar-refractivity contribution in [1.29, 1.82) is 0 Å². The predicted molar refractivity (Wildman–Crippen MR) is 126 cm³/mol. The van der Waals surface area contributed by atoms with Crippen molar-refractivity contribution < 1.29 is 26.4 Å². The van der Waals surface area contributed by atoms with E-state index in [1.54, 1.807) is 12.1 Å². The Morgan fingerprint density at radius 1 is 0.882 bits per heavy atom. The highest BCUT2D eigenvalue weighted by atomic mass is 35.5. The van der Waals surface area contributed by atoms with Crippen LogP contribution in [0.25, 0.3) is 0 Å². The predicted octanol–water partition coefficient (Wildman–Crippen LogP) is 6.50. The Labute approximate surface area is 209 Å². The van der Waals surface area contributed by atoms with Crippen LogP contribution in [-0.2, 0) is 27.5 Å². The summed E-state index contributed by atoms with van der Waals surface area (Å²) in [7, 11) is -4.17. The van der Waals surface area contributed by atoms with E-state index in [0.717, 1.165) is 16.4 Å². The fraction of sp³-hybridized carbons (Fsp3) is 0.136. The summed E-state index contributed by atoms with van der Waals surface area (Å²) in [5, 5.41) is 2.58. The number of benzene rings is 3. The van der Waals surface area contributed by atoms with E-state index in [4.69, 9.17) is 34.8 Å². The van der Waals surface area contributed by atoms with E-state index >= 15 is 0 Å². The molecule has 3 aromatic rings. The summed E-state index contributed by atoms with van der Waals surface area (Å²) in [5.41, 5.74) is -0.872. The summed E-state index contributed by atoms with van der Waals surface area (Å²) in [6, 6.07) is 14.3. The Kier molecular flexibility index (Phi) is 8.15. The molecule has 34 heavy (non-hydrogen) atoms. The largest absolute Gasteiger partial charge is 0.416 e. The third-order valence-corrected chi connectivity index (χ3v) is 7.49. The molecule has 0 aliphatic rings. The van der Waals surface area contributed by atoms with E-state index in [1.165, 1.54) is 36.4 Å². The lowest BCUT2D eigenvalue weighted by molar-refractivity contribution is -0.137. The molecule has 0 fully saturated rings. The second-order valence-corrected chi connectivity index (χ2v) is 10.2. The molecule has 1 amide bonds. The highest BCUT2D eigenvalue weighted by Crippen LogP contribution is 2.34. The normalized spacial score (nSPS) is 12.1. The number of carbonyl (C=O) groups is 1. The van der Waals surface area contributed by atoms with Gasteiger partial charge in [0, 0.05) is 6.54 Å². The molecule has 180 valence electrons. The van der Waals surface area contributed by atoms with Crippen LogP contribution in [0.4, 0.5) is 18.9 Å². The first-order valence-electron chi connectivity index (χ1n) is 9.53. The molecule has 1 N–H and O–H groups in total. The zero-order valence-corrected chi connectivity index (χ0v) is 20.2. The number of sulfonamides is 1. The maximum Gasteiger partial charge on any atom is 0.416 e. The highest BCUT2D eigenvalue weighted by Gasteiger charge is 2.32. The van der Waals surface area contributed by atoms with Gasteiger partial charge in [0.05, 0.1) is 37.8 Å². The molecule has 0 aliphatic carbocycles. The minimum absolute atomic E-state index is 0.0695. The van der Waals surface area contributed by atoms with Crippen molar-refractivity contribution >= 4 is 56.4 Å². The van der Waals surface area contributed by atoms with Crippen LogP contribution in [0.2, 0.25) is 15.1 Å². The van der Waals surface area contributed by atoms with Crippen LogP contribution in [0, 0.1) is 0 Å². The summed E-state index contributed by atoms with van der Waals surface area (Å²) in [5.74, 6) is -0.888. The monoisotopic (exact) mass is 550 g/mol. The van der Waals surface area contributed by atoms with Gasteiger partial charge in [-0.3, -0.25) is 4.79 Å². The summed E-state index contributed by atoms with van der Waals surface area (Å²) in [6.45, 7) is -0.956. The molecular weight excluding hydrogens is 536 g/mol. The molecule has 0 heterocycles. The second-order valence-electron chi connectivity index (χ2n) is 7.08. The molecule has 0 aliphatic heterocycles. The minimum atomic E-state index is -4.65. The van der Waals surface area contributed by atoms with Crippen molar-refractivity contribution in [1.82, 2.24) is 4.31 Å². The Hall–Kier alpha value is -2.30. The van der Waals surface area contributed by atoms with Crippen LogP contribution in [0.5, 0.6) is 0 Å². The van der Waals surface area contributed by atoms with Gasteiger partial charge < -0.3 is 5.32 Å². The van der Waals surface area contributed by atoms with E-state index < -0.39 is 34.2 Å². The van der Waals surface area contributed by atoms with Gasteiger partial charge in [0.25, 0.3) is 0 Å². The van der Waals surface area contributed by atoms with Gasteiger partial charge in [0.2, 0.25) is 15.9 Å². The van der Waals surface area contributed by atoms with Crippen molar-refractivity contribution in [3.63, 3.8) is 0 Å². The van der Waals surface area contributed by atoms with Gasteiger partial charge >= 0.3 is 6.18 Å². The van der Waals surface area contributed by atoms with E-state index in [2.05, 4.69) is 5.32 Å². The maximum atomic E-state index is 13.2. The molecule has 0 atom stereocenters. The van der Waals surface area contributed by atoms with Gasteiger partial charge in [-0.15, -0.1) is 0 Å². The van der Waals surface area contributed by atoms with Crippen LogP contribution in [0.1, 0.15) is 11.1 Å². The number of halogens is 6. The number of nitrogens with zero attached hydrogens (tertiary/aromatic N) is 1. The summed E-state index contributed by atoms with van der Waals surface area (Å²) >= 11 is 17.9.